The van der Waals surface area contributed by atoms with Crippen LogP contribution in [0.15, 0.2) is 0 Å². The van der Waals surface area contributed by atoms with Crippen molar-refractivity contribution in [3.8, 4) is 0 Å². The molecule has 0 bridgehead atoms. The topological polar surface area (TPSA) is 120 Å². The van der Waals surface area contributed by atoms with Gasteiger partial charge in [0.25, 0.3) is 5.91 Å². The van der Waals surface area contributed by atoms with Gasteiger partial charge in [0.1, 0.15) is 6.04 Å². The molecule has 1 rings (SSSR count). The predicted octanol–water partition coefficient (Wildman–Crippen LogP) is 0.605. The van der Waals surface area contributed by atoms with Gasteiger partial charge < -0.3 is 15.4 Å². The Hall–Kier alpha value is -1.52. The van der Waals surface area contributed by atoms with E-state index >= 15 is 0 Å². The third kappa shape index (κ3) is 7.94. The molecule has 27 heavy (non-hydrogen) atoms. The number of rotatable bonds is 10. The first-order valence-electron chi connectivity index (χ1n) is 9.16. The highest BCUT2D eigenvalue weighted by molar-refractivity contribution is 7.75. The fraction of sp³-hybridized carbons (Fsp3) is 0.824. The Morgan fingerprint density at radius 2 is 1.70 bits per heavy atom. The average Bonchev–Trinajstić information content (AvgIpc) is 2.95. The summed E-state index contributed by atoms with van der Waals surface area (Å²) in [5.74, 6) is -1.33. The molecule has 156 valence electrons. The summed E-state index contributed by atoms with van der Waals surface area (Å²) >= 11 is -2.24. The van der Waals surface area contributed by atoms with Gasteiger partial charge in [-0.25, -0.2) is 8.98 Å². The van der Waals surface area contributed by atoms with E-state index in [1.165, 1.54) is 0 Å². The number of carbonyl (C=O) groups excluding carboxylic acids is 3. The first-order valence-corrected chi connectivity index (χ1v) is 10.2. The van der Waals surface area contributed by atoms with Crippen molar-refractivity contribution >= 4 is 29.1 Å². The zero-order valence-electron chi connectivity index (χ0n) is 16.5. The molecule has 2 N–H and O–H groups in total. The standard InChI is InChI=1S/C17H30N2O7S/c1-6-24-17(22)14-13(25-27(23)26-14)16(21)19-12(9-11(4)5)15(20)18-8-7-10(2)3/h10-14H,6-9H2,1-5H3,(H,18,20)(H,19,21)/t12-,13+,14+,27?/m0/s1. The molecule has 0 saturated carbocycles. The molecule has 0 radical (unpaired) electrons. The van der Waals surface area contributed by atoms with Crippen LogP contribution in [0.1, 0.15) is 47.5 Å². The van der Waals surface area contributed by atoms with E-state index in [9.17, 15) is 18.6 Å². The van der Waals surface area contributed by atoms with E-state index in [1.54, 1.807) is 6.92 Å². The van der Waals surface area contributed by atoms with Crippen LogP contribution in [-0.4, -0.2) is 53.4 Å². The Morgan fingerprint density at radius 1 is 1.07 bits per heavy atom. The Kier molecular flexibility index (Phi) is 9.89. The van der Waals surface area contributed by atoms with Crippen molar-refractivity contribution in [1.82, 2.24) is 10.6 Å². The molecule has 10 heteroatoms. The van der Waals surface area contributed by atoms with Gasteiger partial charge in [-0.2, -0.15) is 4.21 Å². The van der Waals surface area contributed by atoms with Crippen LogP contribution in [0.3, 0.4) is 0 Å². The summed E-state index contributed by atoms with van der Waals surface area (Å²) in [6.45, 7) is 10.1. The van der Waals surface area contributed by atoms with Crippen LogP contribution in [-0.2, 0) is 38.8 Å². The molecule has 0 aromatic heterocycles. The van der Waals surface area contributed by atoms with Gasteiger partial charge in [0.15, 0.2) is 6.10 Å². The van der Waals surface area contributed by atoms with Gasteiger partial charge in [-0.3, -0.25) is 13.8 Å². The normalized spacial score (nSPS) is 23.3. The van der Waals surface area contributed by atoms with E-state index in [2.05, 4.69) is 10.6 Å². The molecule has 1 heterocycles. The summed E-state index contributed by atoms with van der Waals surface area (Å²) in [5, 5.41) is 5.38. The van der Waals surface area contributed by atoms with Crippen LogP contribution >= 0.6 is 0 Å². The minimum absolute atomic E-state index is 0.0773. The zero-order valence-corrected chi connectivity index (χ0v) is 17.3. The summed E-state index contributed by atoms with van der Waals surface area (Å²) in [6.07, 6.45) is -1.66. The molecule has 0 spiro atoms. The summed E-state index contributed by atoms with van der Waals surface area (Å²) in [5.41, 5.74) is 0. The largest absolute Gasteiger partial charge is 0.464 e. The lowest BCUT2D eigenvalue weighted by molar-refractivity contribution is -0.155. The molecule has 0 aromatic carbocycles. The maximum atomic E-state index is 12.6. The molecule has 1 saturated heterocycles. The van der Waals surface area contributed by atoms with E-state index in [1.807, 2.05) is 27.7 Å². The van der Waals surface area contributed by atoms with Gasteiger partial charge in [0.2, 0.25) is 12.0 Å². The smallest absolute Gasteiger partial charge is 0.340 e. The van der Waals surface area contributed by atoms with E-state index in [-0.39, 0.29) is 18.4 Å². The van der Waals surface area contributed by atoms with Crippen LogP contribution in [0.4, 0.5) is 0 Å². The highest BCUT2D eigenvalue weighted by atomic mass is 32.2. The number of nitrogens with one attached hydrogen (secondary N) is 2. The first kappa shape index (κ1) is 23.5. The average molecular weight is 407 g/mol. The van der Waals surface area contributed by atoms with Crippen molar-refractivity contribution in [2.24, 2.45) is 11.8 Å². The van der Waals surface area contributed by atoms with E-state index in [4.69, 9.17) is 13.1 Å². The van der Waals surface area contributed by atoms with Gasteiger partial charge in [-0.05, 0) is 31.6 Å². The van der Waals surface area contributed by atoms with Crippen LogP contribution < -0.4 is 10.6 Å². The van der Waals surface area contributed by atoms with Crippen molar-refractivity contribution in [2.75, 3.05) is 13.2 Å². The highest BCUT2D eigenvalue weighted by Crippen LogP contribution is 2.20. The number of carbonyl (C=O) groups is 3. The monoisotopic (exact) mass is 406 g/mol. The van der Waals surface area contributed by atoms with Crippen LogP contribution in [0.25, 0.3) is 0 Å². The Labute approximate surface area is 162 Å². The Balaban J connectivity index is 2.77. The van der Waals surface area contributed by atoms with Gasteiger partial charge in [-0.15, -0.1) is 0 Å². The van der Waals surface area contributed by atoms with Gasteiger partial charge in [0.05, 0.1) is 6.61 Å². The molecule has 1 aliphatic heterocycles. The Bertz CT molecular complexity index is 553. The summed E-state index contributed by atoms with van der Waals surface area (Å²) in [6, 6.07) is -0.801. The Morgan fingerprint density at radius 3 is 2.26 bits per heavy atom. The molecule has 4 atom stereocenters. The molecule has 1 aliphatic rings. The molecule has 1 fully saturated rings. The maximum absolute atomic E-state index is 12.6. The lowest BCUT2D eigenvalue weighted by atomic mass is 10.0. The number of amides is 2. The molecular formula is C17H30N2O7S. The maximum Gasteiger partial charge on any atom is 0.340 e. The lowest BCUT2D eigenvalue weighted by Crippen LogP contribution is -2.53. The third-order valence-electron chi connectivity index (χ3n) is 3.78. The summed E-state index contributed by atoms with van der Waals surface area (Å²) in [7, 11) is 0. The molecule has 2 amide bonds. The van der Waals surface area contributed by atoms with E-state index < -0.39 is 41.5 Å². The number of esters is 1. The van der Waals surface area contributed by atoms with Crippen LogP contribution in [0.5, 0.6) is 0 Å². The van der Waals surface area contributed by atoms with Crippen LogP contribution in [0, 0.1) is 11.8 Å². The number of hydrogen-bond donors (Lipinski definition) is 2. The lowest BCUT2D eigenvalue weighted by Gasteiger charge is -2.22. The van der Waals surface area contributed by atoms with Crippen molar-refractivity contribution < 1.29 is 31.7 Å². The van der Waals surface area contributed by atoms with E-state index in [0.717, 1.165) is 6.42 Å². The highest BCUT2D eigenvalue weighted by Gasteiger charge is 2.47. The van der Waals surface area contributed by atoms with Crippen molar-refractivity contribution in [2.45, 2.75) is 65.7 Å². The minimum atomic E-state index is -2.24. The van der Waals surface area contributed by atoms with E-state index in [0.29, 0.717) is 18.9 Å². The first-order chi connectivity index (χ1) is 12.6. The molecular weight excluding hydrogens is 376 g/mol. The number of ether oxygens (including phenoxy) is 1. The zero-order chi connectivity index (χ0) is 20.6. The van der Waals surface area contributed by atoms with Gasteiger partial charge >= 0.3 is 17.3 Å². The second-order valence-electron chi connectivity index (χ2n) is 7.15. The fourth-order valence-electron chi connectivity index (χ4n) is 2.43. The second-order valence-corrected chi connectivity index (χ2v) is 7.95. The number of hydrogen-bond acceptors (Lipinski definition) is 7. The summed E-state index contributed by atoms with van der Waals surface area (Å²) in [4.78, 5) is 36.9. The predicted molar refractivity (Wildman–Crippen MR) is 98.4 cm³/mol. The van der Waals surface area contributed by atoms with Gasteiger partial charge in [-0.1, -0.05) is 27.7 Å². The van der Waals surface area contributed by atoms with Gasteiger partial charge in [0, 0.05) is 6.54 Å². The SMILES string of the molecule is CCOC(=O)[C@@H]1OS(=O)O[C@H]1C(=O)N[C@@H](CC(C)C)C(=O)NCCC(C)C. The molecule has 1 unspecified atom stereocenters. The fourth-order valence-corrected chi connectivity index (χ4v) is 3.18. The van der Waals surface area contributed by atoms with Crippen molar-refractivity contribution in [3.63, 3.8) is 0 Å². The quantitative estimate of drug-likeness (QED) is 0.510. The summed E-state index contributed by atoms with van der Waals surface area (Å²) < 4.78 is 26.0. The van der Waals surface area contributed by atoms with Crippen LogP contribution in [0.2, 0.25) is 0 Å². The second kappa shape index (κ2) is 11.4. The van der Waals surface area contributed by atoms with Crippen molar-refractivity contribution in [1.29, 1.82) is 0 Å². The molecule has 9 nitrogen and oxygen atoms in total. The molecule has 0 aliphatic carbocycles. The third-order valence-corrected chi connectivity index (χ3v) is 4.51. The van der Waals surface area contributed by atoms with Crippen molar-refractivity contribution in [3.05, 3.63) is 0 Å². The minimum Gasteiger partial charge on any atom is -0.464 e. The molecule has 0 aromatic rings.